The van der Waals surface area contributed by atoms with Crippen molar-refractivity contribution in [2.24, 2.45) is 0 Å². The number of amides is 1. The molecule has 1 aliphatic rings. The number of hydrogen-bond donors (Lipinski definition) is 0. The predicted octanol–water partition coefficient (Wildman–Crippen LogP) is 2.69. The second kappa shape index (κ2) is 6.49. The average molecular weight is 362 g/mol. The van der Waals surface area contributed by atoms with Crippen molar-refractivity contribution in [1.82, 2.24) is 4.90 Å². The van der Waals surface area contributed by atoms with Crippen LogP contribution in [0.3, 0.4) is 0 Å². The Kier molecular flexibility index (Phi) is 4.56. The highest BCUT2D eigenvalue weighted by Gasteiger charge is 2.30. The average Bonchev–Trinajstić information content (AvgIpc) is 2.60. The third kappa shape index (κ3) is 3.01. The molecule has 24 heavy (non-hydrogen) atoms. The summed E-state index contributed by atoms with van der Waals surface area (Å²) in [6.45, 7) is 0.383. The molecule has 1 aliphatic heterocycles. The molecule has 126 valence electrons. The van der Waals surface area contributed by atoms with Crippen LogP contribution in [0.2, 0.25) is 0 Å². The van der Waals surface area contributed by atoms with E-state index in [2.05, 4.69) is 0 Å². The lowest BCUT2D eigenvalue weighted by Crippen LogP contribution is -2.35. The van der Waals surface area contributed by atoms with Gasteiger partial charge < -0.3 is 4.90 Å². The fourth-order valence-electron chi connectivity index (χ4n) is 2.55. The Bertz CT molecular complexity index is 865. The zero-order valence-electron chi connectivity index (χ0n) is 13.5. The Morgan fingerprint density at radius 3 is 2.50 bits per heavy atom. The Balaban J connectivity index is 2.08. The van der Waals surface area contributed by atoms with Crippen molar-refractivity contribution in [3.05, 3.63) is 54.1 Å². The molecular weight excluding hydrogens is 344 g/mol. The van der Waals surface area contributed by atoms with Gasteiger partial charge >= 0.3 is 0 Å². The molecule has 2 aromatic rings. The molecule has 2 aromatic carbocycles. The lowest BCUT2D eigenvalue weighted by Gasteiger charge is -2.30. The fraction of sp³-hybridized carbons (Fsp3) is 0.235. The second-order valence-corrected chi connectivity index (χ2v) is 8.62. The smallest absolute Gasteiger partial charge is 0.264 e. The van der Waals surface area contributed by atoms with E-state index < -0.39 is 10.0 Å². The van der Waals surface area contributed by atoms with Crippen LogP contribution in [0, 0.1) is 0 Å². The lowest BCUT2D eigenvalue weighted by atomic mass is 10.1. The van der Waals surface area contributed by atoms with E-state index in [9.17, 15) is 13.2 Å². The van der Waals surface area contributed by atoms with Crippen LogP contribution in [-0.4, -0.2) is 45.6 Å². The highest BCUT2D eigenvalue weighted by Crippen LogP contribution is 2.38. The van der Waals surface area contributed by atoms with Crippen LogP contribution >= 0.6 is 11.8 Å². The van der Waals surface area contributed by atoms with Gasteiger partial charge in [-0.25, -0.2) is 8.42 Å². The largest absolute Gasteiger partial charge is 0.345 e. The Labute approximate surface area is 146 Å². The number of thioether (sulfide) groups is 1. The first kappa shape index (κ1) is 16.9. The highest BCUT2D eigenvalue weighted by atomic mass is 32.2. The summed E-state index contributed by atoms with van der Waals surface area (Å²) < 4.78 is 27.4. The molecular formula is C17H18N2O3S2. The third-order valence-electron chi connectivity index (χ3n) is 3.76. The predicted molar refractivity (Wildman–Crippen MR) is 96.2 cm³/mol. The van der Waals surface area contributed by atoms with Gasteiger partial charge in [-0.3, -0.25) is 9.10 Å². The number of sulfonamides is 1. The molecule has 0 unspecified atom stereocenters. The van der Waals surface area contributed by atoms with Crippen LogP contribution in [-0.2, 0) is 10.0 Å². The maximum absolute atomic E-state index is 13.0. The van der Waals surface area contributed by atoms with E-state index in [1.54, 1.807) is 68.3 Å². The van der Waals surface area contributed by atoms with Crippen LogP contribution in [0.1, 0.15) is 10.4 Å². The molecule has 0 aliphatic carbocycles. The molecule has 0 aromatic heterocycles. The monoisotopic (exact) mass is 362 g/mol. The molecule has 5 nitrogen and oxygen atoms in total. The molecule has 0 saturated heterocycles. The number of carbonyl (C=O) groups is 1. The van der Waals surface area contributed by atoms with Gasteiger partial charge in [0, 0.05) is 36.9 Å². The summed E-state index contributed by atoms with van der Waals surface area (Å²) in [6.07, 6.45) is 0. The minimum absolute atomic E-state index is 0.148. The summed E-state index contributed by atoms with van der Waals surface area (Å²) in [5.41, 5.74) is 1.05. The van der Waals surface area contributed by atoms with Crippen LogP contribution in [0.25, 0.3) is 0 Å². The highest BCUT2D eigenvalue weighted by molar-refractivity contribution is 8.00. The first-order valence-corrected chi connectivity index (χ1v) is 9.90. The van der Waals surface area contributed by atoms with Crippen molar-refractivity contribution >= 4 is 33.4 Å². The molecule has 0 atom stereocenters. The van der Waals surface area contributed by atoms with Crippen LogP contribution in [0.5, 0.6) is 0 Å². The van der Waals surface area contributed by atoms with Crippen molar-refractivity contribution in [2.45, 2.75) is 9.79 Å². The van der Waals surface area contributed by atoms with Crippen molar-refractivity contribution in [3.63, 3.8) is 0 Å². The number of hydrogen-bond acceptors (Lipinski definition) is 4. The van der Waals surface area contributed by atoms with Gasteiger partial charge in [0.25, 0.3) is 15.9 Å². The molecule has 0 bridgehead atoms. The van der Waals surface area contributed by atoms with Crippen LogP contribution < -0.4 is 4.31 Å². The van der Waals surface area contributed by atoms with E-state index in [0.717, 1.165) is 4.90 Å². The first-order valence-electron chi connectivity index (χ1n) is 7.47. The molecule has 3 rings (SSSR count). The normalized spacial score (nSPS) is 14.2. The van der Waals surface area contributed by atoms with Crippen molar-refractivity contribution in [1.29, 1.82) is 0 Å². The van der Waals surface area contributed by atoms with E-state index in [0.29, 0.717) is 23.5 Å². The molecule has 0 N–H and O–H groups in total. The molecule has 0 saturated carbocycles. The molecule has 7 heteroatoms. The van der Waals surface area contributed by atoms with Crippen molar-refractivity contribution in [2.75, 3.05) is 30.7 Å². The van der Waals surface area contributed by atoms with Gasteiger partial charge in [-0.1, -0.05) is 18.2 Å². The standard InChI is InChI=1S/C17H18N2O3S2/c1-18(2)17(20)13-8-9-16-15(12-13)19(10-11-23-16)24(21,22)14-6-4-3-5-7-14/h3-9,12H,10-11H2,1-2H3. The number of fused-ring (bicyclic) bond motifs is 1. The second-order valence-electron chi connectivity index (χ2n) is 5.62. The van der Waals surface area contributed by atoms with Crippen molar-refractivity contribution in [3.8, 4) is 0 Å². The number of benzene rings is 2. The Morgan fingerprint density at radius 1 is 1.12 bits per heavy atom. The third-order valence-corrected chi connectivity index (χ3v) is 6.63. The van der Waals surface area contributed by atoms with Gasteiger partial charge in [0.1, 0.15) is 0 Å². The minimum atomic E-state index is -3.64. The minimum Gasteiger partial charge on any atom is -0.345 e. The maximum atomic E-state index is 13.0. The van der Waals surface area contributed by atoms with Crippen molar-refractivity contribution < 1.29 is 13.2 Å². The summed E-state index contributed by atoms with van der Waals surface area (Å²) >= 11 is 1.60. The van der Waals surface area contributed by atoms with E-state index in [-0.39, 0.29) is 10.8 Å². The maximum Gasteiger partial charge on any atom is 0.264 e. The zero-order chi connectivity index (χ0) is 17.3. The van der Waals surface area contributed by atoms with Crippen LogP contribution in [0.15, 0.2) is 58.3 Å². The summed E-state index contributed by atoms with van der Waals surface area (Å²) in [5.74, 6) is 0.533. The molecule has 0 fully saturated rings. The van der Waals surface area contributed by atoms with E-state index in [1.807, 2.05) is 6.07 Å². The molecule has 1 amide bonds. The van der Waals surface area contributed by atoms with E-state index in [4.69, 9.17) is 0 Å². The zero-order valence-corrected chi connectivity index (χ0v) is 15.1. The van der Waals surface area contributed by atoms with Gasteiger partial charge in [0.2, 0.25) is 0 Å². The van der Waals surface area contributed by atoms with Gasteiger partial charge in [-0.15, -0.1) is 11.8 Å². The number of anilines is 1. The lowest BCUT2D eigenvalue weighted by molar-refractivity contribution is 0.0827. The van der Waals surface area contributed by atoms with E-state index in [1.165, 1.54) is 9.21 Å². The van der Waals surface area contributed by atoms with Gasteiger partial charge in [0.05, 0.1) is 10.6 Å². The topological polar surface area (TPSA) is 57.7 Å². The molecule has 0 radical (unpaired) electrons. The molecule has 1 heterocycles. The summed E-state index contributed by atoms with van der Waals surface area (Å²) in [5, 5.41) is 0. The van der Waals surface area contributed by atoms with Gasteiger partial charge in [-0.05, 0) is 30.3 Å². The number of carbonyl (C=O) groups excluding carboxylic acids is 1. The Hall–Kier alpha value is -1.99. The summed E-state index contributed by atoms with van der Waals surface area (Å²) in [4.78, 5) is 14.8. The fourth-order valence-corrected chi connectivity index (χ4v) is 5.20. The summed E-state index contributed by atoms with van der Waals surface area (Å²) in [6, 6.07) is 13.6. The summed E-state index contributed by atoms with van der Waals surface area (Å²) in [7, 11) is -0.292. The van der Waals surface area contributed by atoms with E-state index >= 15 is 0 Å². The SMILES string of the molecule is CN(C)C(=O)c1ccc2c(c1)N(S(=O)(=O)c1ccccc1)CCS2. The molecule has 0 spiro atoms. The van der Waals surface area contributed by atoms with Gasteiger partial charge in [-0.2, -0.15) is 0 Å². The first-order chi connectivity index (χ1) is 11.4. The number of rotatable bonds is 3. The number of nitrogens with zero attached hydrogens (tertiary/aromatic N) is 2. The van der Waals surface area contributed by atoms with Crippen LogP contribution in [0.4, 0.5) is 5.69 Å². The van der Waals surface area contributed by atoms with Gasteiger partial charge in [0.15, 0.2) is 0 Å². The quantitative estimate of drug-likeness (QED) is 0.842. The Morgan fingerprint density at radius 2 is 1.83 bits per heavy atom.